The summed E-state index contributed by atoms with van der Waals surface area (Å²) in [6, 6.07) is 12.9. The number of rotatable bonds is 4. The standard InChI is InChI=1S/C18H35N5.C16H12O4/c1-22(2)18(23(3)4)21-17(19-15-11-7-5-8-12-15)20-16-13-9-6-10-14-16;1-9(16(18)19)10-6-7-14-12(8-10)15(17)11-4-2-3-5-13(11)20-14/h15-16H,5-14H2,1-4H3,(H,19,20);2-9H,1H3,(H,18,19). The van der Waals surface area contributed by atoms with Crippen LogP contribution in [0.25, 0.3) is 21.9 Å². The summed E-state index contributed by atoms with van der Waals surface area (Å²) in [5.74, 6) is 0.101. The Labute approximate surface area is 254 Å². The molecule has 0 saturated heterocycles. The number of benzene rings is 2. The lowest BCUT2D eigenvalue weighted by molar-refractivity contribution is -0.471. The van der Waals surface area contributed by atoms with Crippen molar-refractivity contribution in [2.45, 2.75) is 89.1 Å². The number of carbonyl (C=O) groups excluding carboxylic acids is 1. The quantitative estimate of drug-likeness (QED) is 0.203. The Hall–Kier alpha value is -3.88. The van der Waals surface area contributed by atoms with Crippen molar-refractivity contribution in [1.29, 1.82) is 0 Å². The predicted octanol–water partition coefficient (Wildman–Crippen LogP) is 4.18. The molecule has 0 bridgehead atoms. The van der Waals surface area contributed by atoms with E-state index < -0.39 is 11.9 Å². The van der Waals surface area contributed by atoms with Gasteiger partial charge in [-0.2, -0.15) is 0 Å². The Bertz CT molecular complexity index is 1510. The Morgan fingerprint density at radius 2 is 1.58 bits per heavy atom. The van der Waals surface area contributed by atoms with E-state index in [9.17, 15) is 14.7 Å². The molecular weight excluding hydrogens is 542 g/mol. The molecule has 0 spiro atoms. The molecule has 1 unspecified atom stereocenters. The van der Waals surface area contributed by atoms with Crippen LogP contribution in [0.2, 0.25) is 0 Å². The van der Waals surface area contributed by atoms with Gasteiger partial charge in [0.25, 0.3) is 5.96 Å². The van der Waals surface area contributed by atoms with Crippen LogP contribution in [-0.4, -0.2) is 67.6 Å². The predicted molar refractivity (Wildman–Crippen MR) is 172 cm³/mol. The molecule has 9 heteroatoms. The lowest BCUT2D eigenvalue weighted by atomic mass is 9.95. The molecule has 9 nitrogen and oxygen atoms in total. The number of para-hydroxylation sites is 1. The highest BCUT2D eigenvalue weighted by Crippen LogP contribution is 2.23. The summed E-state index contributed by atoms with van der Waals surface area (Å²) in [6.07, 6.45) is 13.1. The Kier molecular flexibility index (Phi) is 11.2. The van der Waals surface area contributed by atoms with E-state index >= 15 is 0 Å². The molecule has 43 heavy (non-hydrogen) atoms. The topological polar surface area (TPSA) is 113 Å². The van der Waals surface area contributed by atoms with Gasteiger partial charge in [-0.25, -0.2) is 10.3 Å². The molecule has 2 aliphatic rings. The highest BCUT2D eigenvalue weighted by atomic mass is 16.4. The number of carbonyl (C=O) groups is 1. The Balaban J connectivity index is 0.000000198. The lowest BCUT2D eigenvalue weighted by Gasteiger charge is -2.26. The van der Waals surface area contributed by atoms with E-state index in [4.69, 9.17) is 9.41 Å². The van der Waals surface area contributed by atoms with Crippen molar-refractivity contribution in [3.8, 4) is 0 Å². The van der Waals surface area contributed by atoms with Gasteiger partial charge in [0, 0.05) is 17.9 Å². The molecule has 2 fully saturated rings. The van der Waals surface area contributed by atoms with Gasteiger partial charge in [0.15, 0.2) is 0 Å². The van der Waals surface area contributed by atoms with Gasteiger partial charge in [-0.3, -0.25) is 14.3 Å². The summed E-state index contributed by atoms with van der Waals surface area (Å²) in [6.45, 7) is 1.53. The third kappa shape index (κ3) is 8.58. The summed E-state index contributed by atoms with van der Waals surface area (Å²) < 4.78 is 7.77. The Morgan fingerprint density at radius 3 is 2.21 bits per heavy atom. The van der Waals surface area contributed by atoms with E-state index in [0.29, 0.717) is 39.6 Å². The van der Waals surface area contributed by atoms with Gasteiger partial charge in [-0.1, -0.05) is 63.6 Å². The normalized spacial score (nSPS) is 17.1. The smallest absolute Gasteiger partial charge is 0.354 e. The average Bonchev–Trinajstić information content (AvgIpc) is 3.00. The molecule has 1 aromatic heterocycles. The van der Waals surface area contributed by atoms with Crippen molar-refractivity contribution in [2.75, 3.05) is 28.2 Å². The number of nitrogens with zero attached hydrogens (tertiary/aromatic N) is 3. The van der Waals surface area contributed by atoms with Gasteiger partial charge >= 0.3 is 5.96 Å². The fraction of sp³-hybridized carbons (Fsp3) is 0.529. The van der Waals surface area contributed by atoms with Crippen molar-refractivity contribution in [1.82, 2.24) is 15.5 Å². The SMILES string of the molecule is CC(C(=O)[O-])c1ccc2oc3ccccc3c(=O)c2c1.CN(C)C(NC(=NC1CCCCC1)NC1CCCCC1)=[N+](C)C. The maximum atomic E-state index is 12.4. The van der Waals surface area contributed by atoms with E-state index in [-0.39, 0.29) is 5.43 Å². The lowest BCUT2D eigenvalue weighted by Crippen LogP contribution is -2.52. The molecule has 0 aliphatic heterocycles. The number of carboxylic acids is 1. The third-order valence-electron chi connectivity index (χ3n) is 8.36. The fourth-order valence-corrected chi connectivity index (χ4v) is 5.89. The van der Waals surface area contributed by atoms with Gasteiger partial charge in [0.1, 0.15) is 11.2 Å². The van der Waals surface area contributed by atoms with Gasteiger partial charge in [-0.05, 0) is 55.5 Å². The molecule has 2 saturated carbocycles. The van der Waals surface area contributed by atoms with E-state index in [1.807, 2.05) is 0 Å². The van der Waals surface area contributed by atoms with Crippen LogP contribution >= 0.6 is 0 Å². The molecule has 3 aromatic rings. The summed E-state index contributed by atoms with van der Waals surface area (Å²) in [7, 11) is 8.28. The van der Waals surface area contributed by atoms with Gasteiger partial charge in [0.2, 0.25) is 5.43 Å². The molecule has 1 heterocycles. The fourth-order valence-electron chi connectivity index (χ4n) is 5.89. The second-order valence-corrected chi connectivity index (χ2v) is 12.2. The van der Waals surface area contributed by atoms with E-state index in [0.717, 1.165) is 11.9 Å². The third-order valence-corrected chi connectivity index (χ3v) is 8.36. The summed E-state index contributed by atoms with van der Waals surface area (Å²) >= 11 is 0. The first kappa shape index (κ1) is 32.0. The molecule has 0 radical (unpaired) electrons. The van der Waals surface area contributed by atoms with Crippen LogP contribution in [0.1, 0.15) is 82.6 Å². The van der Waals surface area contributed by atoms with Crippen LogP contribution < -0.4 is 21.2 Å². The molecule has 2 aliphatic carbocycles. The summed E-state index contributed by atoms with van der Waals surface area (Å²) in [5.41, 5.74) is 1.34. The minimum atomic E-state index is -1.17. The first-order chi connectivity index (χ1) is 20.6. The molecule has 0 amide bonds. The zero-order valence-corrected chi connectivity index (χ0v) is 26.3. The van der Waals surface area contributed by atoms with Gasteiger partial charge in [0.05, 0.1) is 45.0 Å². The highest BCUT2D eigenvalue weighted by molar-refractivity contribution is 5.96. The van der Waals surface area contributed by atoms with Crippen LogP contribution in [-0.2, 0) is 4.79 Å². The van der Waals surface area contributed by atoms with Gasteiger partial charge in [-0.15, -0.1) is 0 Å². The number of hydrogen-bond donors (Lipinski definition) is 2. The minimum absolute atomic E-state index is 0.158. The molecule has 232 valence electrons. The van der Waals surface area contributed by atoms with Crippen LogP contribution in [0.4, 0.5) is 0 Å². The van der Waals surface area contributed by atoms with E-state index in [2.05, 4.69) is 48.3 Å². The number of hydrogen-bond acceptors (Lipinski definition) is 5. The number of guanidine groups is 2. The molecule has 2 N–H and O–H groups in total. The first-order valence-electron chi connectivity index (χ1n) is 15.6. The number of carboxylic acid groups (broad SMARTS) is 1. The second kappa shape index (κ2) is 15.0. The number of aliphatic imine (C=N–C) groups is 1. The van der Waals surface area contributed by atoms with Crippen LogP contribution in [0, 0.1) is 0 Å². The molecule has 5 rings (SSSR count). The highest BCUT2D eigenvalue weighted by Gasteiger charge is 2.22. The summed E-state index contributed by atoms with van der Waals surface area (Å²) in [4.78, 5) is 30.5. The molecule has 1 atom stereocenters. The van der Waals surface area contributed by atoms with E-state index in [1.165, 1.54) is 71.1 Å². The zero-order valence-electron chi connectivity index (χ0n) is 26.3. The molecular formula is C34H47N5O4. The first-order valence-corrected chi connectivity index (χ1v) is 15.6. The van der Waals surface area contributed by atoms with E-state index in [1.54, 1.807) is 42.5 Å². The Morgan fingerprint density at radius 1 is 0.953 bits per heavy atom. The average molecular weight is 590 g/mol. The van der Waals surface area contributed by atoms with Crippen LogP contribution in [0.3, 0.4) is 0 Å². The van der Waals surface area contributed by atoms with Crippen molar-refractivity contribution >= 4 is 39.8 Å². The van der Waals surface area contributed by atoms with Crippen LogP contribution in [0.15, 0.2) is 56.7 Å². The van der Waals surface area contributed by atoms with Crippen molar-refractivity contribution < 1.29 is 18.9 Å². The monoisotopic (exact) mass is 589 g/mol. The van der Waals surface area contributed by atoms with Gasteiger partial charge < -0.3 is 19.6 Å². The minimum Gasteiger partial charge on any atom is -0.550 e. The molecule has 2 aromatic carbocycles. The summed E-state index contributed by atoms with van der Waals surface area (Å²) in [5, 5.41) is 19.1. The van der Waals surface area contributed by atoms with Crippen molar-refractivity contribution in [2.24, 2.45) is 4.99 Å². The van der Waals surface area contributed by atoms with Crippen LogP contribution in [0.5, 0.6) is 0 Å². The number of fused-ring (bicyclic) bond motifs is 2. The van der Waals surface area contributed by atoms with Crippen molar-refractivity contribution in [3.05, 3.63) is 58.3 Å². The maximum Gasteiger partial charge on any atom is 0.354 e. The largest absolute Gasteiger partial charge is 0.550 e. The maximum absolute atomic E-state index is 12.4. The number of aliphatic carboxylic acids is 1. The van der Waals surface area contributed by atoms with Crippen molar-refractivity contribution in [3.63, 3.8) is 0 Å². The zero-order chi connectivity index (χ0) is 30.9. The second-order valence-electron chi connectivity index (χ2n) is 12.2. The number of nitrogens with one attached hydrogen (secondary N) is 2.